The van der Waals surface area contributed by atoms with Crippen LogP contribution in [-0.2, 0) is 20.6 Å². The van der Waals surface area contributed by atoms with E-state index in [1.807, 2.05) is 31.2 Å². The number of nitrogens with zero attached hydrogens (tertiary/aromatic N) is 4. The molecule has 2 aromatic heterocycles. The lowest BCUT2D eigenvalue weighted by atomic mass is 10.2. The highest BCUT2D eigenvalue weighted by atomic mass is 16.5. The van der Waals surface area contributed by atoms with Crippen molar-refractivity contribution in [1.29, 1.82) is 0 Å². The van der Waals surface area contributed by atoms with Gasteiger partial charge in [-0.25, -0.2) is 4.79 Å². The monoisotopic (exact) mass is 399 g/mol. The molecule has 0 saturated heterocycles. The molecule has 1 aromatic carbocycles. The molecule has 0 amide bonds. The van der Waals surface area contributed by atoms with Crippen molar-refractivity contribution in [2.75, 3.05) is 18.5 Å². The Hall–Kier alpha value is -3.33. The fourth-order valence-electron chi connectivity index (χ4n) is 3.09. The third-order valence-electron chi connectivity index (χ3n) is 4.67. The van der Waals surface area contributed by atoms with E-state index in [9.17, 15) is 14.7 Å². The minimum absolute atomic E-state index is 0.0392. The number of imidazole rings is 1. The number of aromatic nitrogens is 4. The van der Waals surface area contributed by atoms with E-state index in [-0.39, 0.29) is 24.3 Å². The number of anilines is 1. The lowest BCUT2D eigenvalue weighted by Gasteiger charge is -2.16. The molecule has 2 N–H and O–H groups in total. The van der Waals surface area contributed by atoms with Crippen LogP contribution in [0, 0.1) is 6.92 Å². The summed E-state index contributed by atoms with van der Waals surface area (Å²) >= 11 is 0. The normalized spacial score (nSPS) is 12.1. The summed E-state index contributed by atoms with van der Waals surface area (Å²) in [6.07, 6.45) is 0.747. The molecule has 3 rings (SSSR count). The largest absolute Gasteiger partial charge is 0.491 e. The number of aliphatic hydroxyl groups excluding tert-OH is 1. The Morgan fingerprint density at radius 2 is 2.00 bits per heavy atom. The van der Waals surface area contributed by atoms with Crippen molar-refractivity contribution in [3.05, 3.63) is 63.3 Å². The summed E-state index contributed by atoms with van der Waals surface area (Å²) in [5.41, 5.74) is 0.498. The quantitative estimate of drug-likeness (QED) is 0.543. The first-order chi connectivity index (χ1) is 13.8. The van der Waals surface area contributed by atoms with Gasteiger partial charge in [0.1, 0.15) is 18.5 Å². The van der Waals surface area contributed by atoms with Crippen LogP contribution < -0.4 is 21.3 Å². The minimum Gasteiger partial charge on any atom is -0.491 e. The zero-order valence-electron chi connectivity index (χ0n) is 16.8. The van der Waals surface area contributed by atoms with Gasteiger partial charge >= 0.3 is 5.69 Å². The van der Waals surface area contributed by atoms with Crippen LogP contribution in [0.15, 0.2) is 46.5 Å². The van der Waals surface area contributed by atoms with Crippen LogP contribution in [0.25, 0.3) is 11.2 Å². The first-order valence-corrected chi connectivity index (χ1v) is 9.22. The van der Waals surface area contributed by atoms with Crippen molar-refractivity contribution < 1.29 is 9.84 Å². The number of benzene rings is 1. The van der Waals surface area contributed by atoms with Crippen molar-refractivity contribution in [3.63, 3.8) is 0 Å². The first-order valence-electron chi connectivity index (χ1n) is 9.22. The summed E-state index contributed by atoms with van der Waals surface area (Å²) in [6, 6.07) is 7.53. The second-order valence-electron chi connectivity index (χ2n) is 6.82. The highest BCUT2D eigenvalue weighted by Crippen LogP contribution is 2.18. The molecule has 0 aliphatic carbocycles. The first kappa shape index (κ1) is 20.4. The predicted molar refractivity (Wildman–Crippen MR) is 112 cm³/mol. The topological polar surface area (TPSA) is 103 Å². The fraction of sp³-hybridized carbons (Fsp3) is 0.350. The van der Waals surface area contributed by atoms with Crippen LogP contribution in [0.4, 0.5) is 5.95 Å². The Bertz CT molecular complexity index is 1160. The molecule has 0 spiro atoms. The molecule has 9 nitrogen and oxygen atoms in total. The molecule has 0 bridgehead atoms. The van der Waals surface area contributed by atoms with Crippen molar-refractivity contribution in [1.82, 2.24) is 18.7 Å². The molecule has 9 heteroatoms. The summed E-state index contributed by atoms with van der Waals surface area (Å²) in [5, 5.41) is 13.6. The molecule has 2 heterocycles. The summed E-state index contributed by atoms with van der Waals surface area (Å²) < 4.78 is 9.62. The van der Waals surface area contributed by atoms with Crippen LogP contribution in [0.1, 0.15) is 5.56 Å². The highest BCUT2D eigenvalue weighted by molar-refractivity contribution is 5.74. The van der Waals surface area contributed by atoms with Gasteiger partial charge < -0.3 is 19.7 Å². The molecule has 0 fully saturated rings. The zero-order valence-corrected chi connectivity index (χ0v) is 16.8. The summed E-state index contributed by atoms with van der Waals surface area (Å²) in [5.74, 6) is 1.05. The number of aliphatic hydroxyl groups is 1. The average Bonchev–Trinajstić information content (AvgIpc) is 3.06. The average molecular weight is 399 g/mol. The maximum atomic E-state index is 12.7. The number of nitrogens with one attached hydrogen (secondary N) is 1. The molecular formula is C20H25N5O4. The molecule has 0 aliphatic heterocycles. The van der Waals surface area contributed by atoms with E-state index in [1.54, 1.807) is 17.7 Å². The van der Waals surface area contributed by atoms with E-state index < -0.39 is 17.4 Å². The number of hydrogen-bond acceptors (Lipinski definition) is 6. The SMILES string of the molecule is C=CCNc1nc2c(c(=O)n(C)c(=O)n2C)n1CC(O)COc1ccccc1C. The van der Waals surface area contributed by atoms with E-state index in [0.717, 1.165) is 10.1 Å². The Morgan fingerprint density at radius 3 is 2.69 bits per heavy atom. The van der Waals surface area contributed by atoms with Crippen LogP contribution in [0.2, 0.25) is 0 Å². The van der Waals surface area contributed by atoms with E-state index >= 15 is 0 Å². The van der Waals surface area contributed by atoms with Crippen molar-refractivity contribution in [3.8, 4) is 5.75 Å². The lowest BCUT2D eigenvalue weighted by molar-refractivity contribution is 0.0935. The molecule has 1 atom stereocenters. The fourth-order valence-corrected chi connectivity index (χ4v) is 3.09. The molecule has 0 aliphatic rings. The van der Waals surface area contributed by atoms with Crippen LogP contribution in [0.3, 0.4) is 0 Å². The van der Waals surface area contributed by atoms with E-state index in [0.29, 0.717) is 18.2 Å². The van der Waals surface area contributed by atoms with Gasteiger partial charge in [-0.3, -0.25) is 13.9 Å². The number of para-hydroxylation sites is 1. The summed E-state index contributed by atoms with van der Waals surface area (Å²) in [4.78, 5) is 29.4. The van der Waals surface area contributed by atoms with Gasteiger partial charge in [0, 0.05) is 20.6 Å². The molecule has 154 valence electrons. The number of fused-ring (bicyclic) bond motifs is 1. The minimum atomic E-state index is -0.904. The molecule has 0 saturated carbocycles. The molecule has 29 heavy (non-hydrogen) atoms. The smallest absolute Gasteiger partial charge is 0.332 e. The van der Waals surface area contributed by atoms with Crippen molar-refractivity contribution >= 4 is 17.1 Å². The predicted octanol–water partition coefficient (Wildman–Crippen LogP) is 0.780. The summed E-state index contributed by atoms with van der Waals surface area (Å²) in [7, 11) is 2.96. The maximum Gasteiger partial charge on any atom is 0.332 e. The van der Waals surface area contributed by atoms with E-state index in [1.165, 1.54) is 11.6 Å². The zero-order chi connectivity index (χ0) is 21.1. The van der Waals surface area contributed by atoms with Crippen molar-refractivity contribution in [2.45, 2.75) is 19.6 Å². The molecule has 0 radical (unpaired) electrons. The van der Waals surface area contributed by atoms with Crippen LogP contribution in [-0.4, -0.2) is 43.0 Å². The van der Waals surface area contributed by atoms with Crippen LogP contribution in [0.5, 0.6) is 5.75 Å². The lowest BCUT2D eigenvalue weighted by Crippen LogP contribution is -2.38. The third-order valence-corrected chi connectivity index (χ3v) is 4.67. The van der Waals surface area contributed by atoms with Gasteiger partial charge in [0.05, 0.1) is 6.54 Å². The second-order valence-corrected chi connectivity index (χ2v) is 6.82. The Labute approximate surface area is 167 Å². The van der Waals surface area contributed by atoms with E-state index in [2.05, 4.69) is 16.9 Å². The van der Waals surface area contributed by atoms with Gasteiger partial charge in [0.15, 0.2) is 11.2 Å². The maximum absolute atomic E-state index is 12.7. The van der Waals surface area contributed by atoms with Crippen molar-refractivity contribution in [2.24, 2.45) is 14.1 Å². The van der Waals surface area contributed by atoms with Gasteiger partial charge in [-0.05, 0) is 18.6 Å². The number of rotatable bonds is 8. The number of hydrogen-bond donors (Lipinski definition) is 2. The van der Waals surface area contributed by atoms with Gasteiger partial charge in [0.25, 0.3) is 5.56 Å². The van der Waals surface area contributed by atoms with Gasteiger partial charge in [-0.1, -0.05) is 24.3 Å². The molecule has 1 unspecified atom stereocenters. The van der Waals surface area contributed by atoms with Gasteiger partial charge in [0.2, 0.25) is 5.95 Å². The molecular weight excluding hydrogens is 374 g/mol. The van der Waals surface area contributed by atoms with Gasteiger partial charge in [-0.15, -0.1) is 6.58 Å². The van der Waals surface area contributed by atoms with Gasteiger partial charge in [-0.2, -0.15) is 4.98 Å². The second kappa shape index (κ2) is 8.36. The summed E-state index contributed by atoms with van der Waals surface area (Å²) in [6.45, 7) is 6.10. The van der Waals surface area contributed by atoms with E-state index in [4.69, 9.17) is 4.74 Å². The van der Waals surface area contributed by atoms with Crippen LogP contribution >= 0.6 is 0 Å². The number of aryl methyl sites for hydroxylation is 2. The highest BCUT2D eigenvalue weighted by Gasteiger charge is 2.21. The Balaban J connectivity index is 1.96. The third kappa shape index (κ3) is 3.95. The Kier molecular flexibility index (Phi) is 5.88. The Morgan fingerprint density at radius 1 is 1.28 bits per heavy atom. The molecule has 3 aromatic rings. The number of ether oxygens (including phenoxy) is 1. The standard InChI is InChI=1S/C20H25N5O4/c1-5-10-21-19-22-17-16(18(27)24(4)20(28)23(17)3)25(19)11-14(26)12-29-15-9-7-6-8-13(15)2/h5-9,14,26H,1,10-12H2,2-4H3,(H,21,22).